The van der Waals surface area contributed by atoms with Gasteiger partial charge in [0.25, 0.3) is 5.91 Å². The molecule has 2 heterocycles. The molecule has 1 saturated heterocycles. The van der Waals surface area contributed by atoms with Gasteiger partial charge in [0.05, 0.1) is 19.6 Å². The first-order chi connectivity index (χ1) is 17.4. The molecule has 2 aromatic rings. The molecular weight excluding hydrogens is 480 g/mol. The highest BCUT2D eigenvalue weighted by molar-refractivity contribution is 6.31. The van der Waals surface area contributed by atoms with Crippen LogP contribution in [0.2, 0.25) is 5.02 Å². The Morgan fingerprint density at radius 1 is 1.14 bits per heavy atom. The molecule has 0 spiro atoms. The van der Waals surface area contributed by atoms with Gasteiger partial charge in [0.2, 0.25) is 5.91 Å². The molecular formula is C27H33ClN4O4. The molecule has 2 N–H and O–H groups in total. The molecule has 0 aromatic heterocycles. The Hall–Kier alpha value is -3.10. The standard InChI is InChI=1S/C27H33ClN4O4/c1-2-36-26(34)16-21(15-20-5-3-4-6-24(20)28)30-25(33)18-32-12-9-19-7-8-22(17-23(19)27(32)35)31-13-10-29-11-14-31/h3-8,17,21,29H,2,9-16,18H2,1H3,(H,30,33)/t21-/m1/s1. The normalized spacial score (nSPS) is 16.3. The smallest absolute Gasteiger partial charge is 0.307 e. The Balaban J connectivity index is 1.42. The van der Waals surface area contributed by atoms with Gasteiger partial charge in [-0.1, -0.05) is 35.9 Å². The van der Waals surface area contributed by atoms with Gasteiger partial charge >= 0.3 is 5.97 Å². The number of carbonyl (C=O) groups excluding carboxylic acids is 3. The maximum Gasteiger partial charge on any atom is 0.307 e. The molecule has 0 aliphatic carbocycles. The van der Waals surface area contributed by atoms with Crippen molar-refractivity contribution < 1.29 is 19.1 Å². The summed E-state index contributed by atoms with van der Waals surface area (Å²) in [5.74, 6) is -0.846. The number of benzene rings is 2. The third kappa shape index (κ3) is 6.56. The Kier molecular flexibility index (Phi) is 8.83. The molecule has 0 saturated carbocycles. The summed E-state index contributed by atoms with van der Waals surface area (Å²) < 4.78 is 5.09. The van der Waals surface area contributed by atoms with Crippen molar-refractivity contribution in [2.24, 2.45) is 0 Å². The van der Waals surface area contributed by atoms with Gasteiger partial charge in [-0.15, -0.1) is 0 Å². The summed E-state index contributed by atoms with van der Waals surface area (Å²) in [6, 6.07) is 12.9. The molecule has 0 bridgehead atoms. The number of amides is 2. The van der Waals surface area contributed by atoms with Crippen molar-refractivity contribution in [1.29, 1.82) is 0 Å². The Labute approximate surface area is 216 Å². The Bertz CT molecular complexity index is 1100. The number of piperazine rings is 1. The number of nitrogens with one attached hydrogen (secondary N) is 2. The molecule has 36 heavy (non-hydrogen) atoms. The third-order valence-corrected chi connectivity index (χ3v) is 6.96. The van der Waals surface area contributed by atoms with Crippen LogP contribution in [0.1, 0.15) is 34.8 Å². The van der Waals surface area contributed by atoms with E-state index in [0.29, 0.717) is 30.0 Å². The van der Waals surface area contributed by atoms with Crippen LogP contribution >= 0.6 is 11.6 Å². The van der Waals surface area contributed by atoms with E-state index in [9.17, 15) is 14.4 Å². The quantitative estimate of drug-likeness (QED) is 0.501. The first kappa shape index (κ1) is 26.0. The van der Waals surface area contributed by atoms with Crippen LogP contribution in [0.25, 0.3) is 0 Å². The van der Waals surface area contributed by atoms with Crippen LogP contribution < -0.4 is 15.5 Å². The largest absolute Gasteiger partial charge is 0.466 e. The van der Waals surface area contributed by atoms with Crippen LogP contribution in [-0.2, 0) is 27.2 Å². The monoisotopic (exact) mass is 512 g/mol. The van der Waals surface area contributed by atoms with E-state index in [2.05, 4.69) is 21.6 Å². The van der Waals surface area contributed by atoms with Gasteiger partial charge in [-0.25, -0.2) is 0 Å². The van der Waals surface area contributed by atoms with E-state index in [1.54, 1.807) is 17.9 Å². The van der Waals surface area contributed by atoms with Crippen molar-refractivity contribution in [2.45, 2.75) is 32.2 Å². The predicted molar refractivity (Wildman–Crippen MR) is 139 cm³/mol. The lowest BCUT2D eigenvalue weighted by Gasteiger charge is -2.32. The zero-order chi connectivity index (χ0) is 25.5. The molecule has 2 amide bonds. The van der Waals surface area contributed by atoms with Crippen LogP contribution in [0.3, 0.4) is 0 Å². The Morgan fingerprint density at radius 2 is 1.92 bits per heavy atom. The number of anilines is 1. The number of ether oxygens (including phenoxy) is 1. The highest BCUT2D eigenvalue weighted by atomic mass is 35.5. The van der Waals surface area contributed by atoms with E-state index in [1.165, 1.54) is 0 Å². The summed E-state index contributed by atoms with van der Waals surface area (Å²) in [6.45, 7) is 6.03. The molecule has 2 aliphatic rings. The number of esters is 1. The van der Waals surface area contributed by atoms with Crippen molar-refractivity contribution in [3.63, 3.8) is 0 Å². The fraction of sp³-hybridized carbons (Fsp3) is 0.444. The zero-order valence-corrected chi connectivity index (χ0v) is 21.4. The maximum absolute atomic E-state index is 13.3. The van der Waals surface area contributed by atoms with Gasteiger partial charge in [-0.3, -0.25) is 14.4 Å². The van der Waals surface area contributed by atoms with Gasteiger partial charge in [0.15, 0.2) is 0 Å². The predicted octanol–water partition coefficient (Wildman–Crippen LogP) is 2.43. The minimum absolute atomic E-state index is 0.0234. The van der Waals surface area contributed by atoms with Crippen LogP contribution in [0.15, 0.2) is 42.5 Å². The number of hydrogen-bond acceptors (Lipinski definition) is 6. The molecule has 0 unspecified atom stereocenters. The van der Waals surface area contributed by atoms with Crippen molar-refractivity contribution >= 4 is 35.1 Å². The summed E-state index contributed by atoms with van der Waals surface area (Å²) in [4.78, 5) is 42.3. The number of halogens is 1. The molecule has 0 radical (unpaired) electrons. The first-order valence-electron chi connectivity index (χ1n) is 12.5. The van der Waals surface area contributed by atoms with E-state index in [-0.39, 0.29) is 31.4 Å². The first-order valence-corrected chi connectivity index (χ1v) is 12.9. The van der Waals surface area contributed by atoms with Gasteiger partial charge in [0.1, 0.15) is 0 Å². The SMILES string of the molecule is CCOC(=O)C[C@@H](Cc1ccccc1Cl)NC(=O)CN1CCc2ccc(N3CCNCC3)cc2C1=O. The second-order valence-electron chi connectivity index (χ2n) is 9.12. The molecule has 4 rings (SSSR count). The summed E-state index contributed by atoms with van der Waals surface area (Å²) in [5.41, 5.74) is 3.53. The van der Waals surface area contributed by atoms with E-state index < -0.39 is 12.0 Å². The van der Waals surface area contributed by atoms with Gasteiger partial charge < -0.3 is 25.2 Å². The average molecular weight is 513 g/mol. The van der Waals surface area contributed by atoms with Gasteiger partial charge in [-0.05, 0) is 49.1 Å². The highest BCUT2D eigenvalue weighted by Crippen LogP contribution is 2.25. The second-order valence-corrected chi connectivity index (χ2v) is 9.53. The van der Waals surface area contributed by atoms with Crippen LogP contribution in [0.4, 0.5) is 5.69 Å². The van der Waals surface area contributed by atoms with E-state index in [0.717, 1.165) is 43.0 Å². The lowest BCUT2D eigenvalue weighted by Crippen LogP contribution is -2.47. The maximum atomic E-state index is 13.3. The number of fused-ring (bicyclic) bond motifs is 1. The fourth-order valence-corrected chi connectivity index (χ4v) is 4.96. The van der Waals surface area contributed by atoms with Gasteiger partial charge in [-0.2, -0.15) is 0 Å². The summed E-state index contributed by atoms with van der Waals surface area (Å²) in [5, 5.41) is 6.84. The Morgan fingerprint density at radius 3 is 2.67 bits per heavy atom. The third-order valence-electron chi connectivity index (χ3n) is 6.59. The number of nitrogens with zero attached hydrogens (tertiary/aromatic N) is 2. The molecule has 1 fully saturated rings. The van der Waals surface area contributed by atoms with E-state index in [1.807, 2.05) is 30.3 Å². The summed E-state index contributed by atoms with van der Waals surface area (Å²) in [6.07, 6.45) is 1.10. The minimum atomic E-state index is -0.497. The van der Waals surface area contributed by atoms with E-state index in [4.69, 9.17) is 16.3 Å². The molecule has 1 atom stereocenters. The fourth-order valence-electron chi connectivity index (χ4n) is 4.75. The number of rotatable bonds is 9. The summed E-state index contributed by atoms with van der Waals surface area (Å²) in [7, 11) is 0. The van der Waals surface area contributed by atoms with Crippen LogP contribution in [0, 0.1) is 0 Å². The zero-order valence-electron chi connectivity index (χ0n) is 20.6. The second kappa shape index (κ2) is 12.2. The van der Waals surface area contributed by atoms with Gasteiger partial charge in [0, 0.05) is 55.0 Å². The van der Waals surface area contributed by atoms with E-state index >= 15 is 0 Å². The molecule has 9 heteroatoms. The lowest BCUT2D eigenvalue weighted by atomic mass is 9.97. The topological polar surface area (TPSA) is 91.0 Å². The molecule has 2 aliphatic heterocycles. The van der Waals surface area contributed by atoms with Crippen molar-refractivity contribution in [3.05, 3.63) is 64.2 Å². The molecule has 2 aromatic carbocycles. The van der Waals surface area contributed by atoms with Crippen LogP contribution in [-0.4, -0.2) is 74.6 Å². The minimum Gasteiger partial charge on any atom is -0.466 e. The van der Waals surface area contributed by atoms with Crippen LogP contribution in [0.5, 0.6) is 0 Å². The number of carbonyl (C=O) groups is 3. The van der Waals surface area contributed by atoms with Crippen molar-refractivity contribution in [1.82, 2.24) is 15.5 Å². The van der Waals surface area contributed by atoms with Crippen molar-refractivity contribution in [2.75, 3.05) is 50.8 Å². The number of hydrogen-bond donors (Lipinski definition) is 2. The average Bonchev–Trinajstić information content (AvgIpc) is 2.87. The summed E-state index contributed by atoms with van der Waals surface area (Å²) >= 11 is 6.31. The lowest BCUT2D eigenvalue weighted by molar-refractivity contribution is -0.143. The molecule has 8 nitrogen and oxygen atoms in total. The molecule has 192 valence electrons. The highest BCUT2D eigenvalue weighted by Gasteiger charge is 2.28. The van der Waals surface area contributed by atoms with Crippen molar-refractivity contribution in [3.8, 4) is 0 Å².